The standard InChI is InChI=1S/C33H25BrN2O6/c1-18-5-4-7-23-30(18)32(40)36(31(23)39)21-12-9-19(10-13-21)27-16-25(24-15-20(34)11-14-26(24)35-27)33(41)42-17-29(38)22-6-2-3-8-28(22)37/h2-6,8-16,18,23,30,37H,7,17H2,1H3. The number of phenolic OH excluding ortho intramolecular Hbond substituents is 1. The molecule has 6 rings (SSSR count). The Morgan fingerprint density at radius 3 is 2.50 bits per heavy atom. The predicted octanol–water partition coefficient (Wildman–Crippen LogP) is 6.11. The SMILES string of the molecule is CC1C=CCC2C(=O)N(c3ccc(-c4cc(C(=O)OCC(=O)c5ccccc5O)c5cc(Br)ccc5n4)cc3)C(=O)C12. The third-order valence-corrected chi connectivity index (χ3v) is 8.32. The monoisotopic (exact) mass is 624 g/mol. The number of carbonyl (C=O) groups is 4. The van der Waals surface area contributed by atoms with Crippen LogP contribution < -0.4 is 4.90 Å². The number of hydrogen-bond acceptors (Lipinski definition) is 7. The van der Waals surface area contributed by atoms with Crippen LogP contribution in [0.5, 0.6) is 5.75 Å². The Morgan fingerprint density at radius 2 is 1.76 bits per heavy atom. The first-order valence-corrected chi connectivity index (χ1v) is 14.3. The summed E-state index contributed by atoms with van der Waals surface area (Å²) >= 11 is 3.43. The molecule has 3 unspecified atom stereocenters. The number of nitrogens with zero attached hydrogens (tertiary/aromatic N) is 2. The molecule has 42 heavy (non-hydrogen) atoms. The van der Waals surface area contributed by atoms with Crippen LogP contribution in [-0.4, -0.2) is 40.3 Å². The Balaban J connectivity index is 1.29. The van der Waals surface area contributed by atoms with Gasteiger partial charge in [0.1, 0.15) is 5.75 Å². The summed E-state index contributed by atoms with van der Waals surface area (Å²) in [5.41, 5.74) is 2.43. The molecule has 4 aromatic rings. The van der Waals surface area contributed by atoms with Gasteiger partial charge >= 0.3 is 5.97 Å². The lowest BCUT2D eigenvalue weighted by atomic mass is 9.78. The van der Waals surface area contributed by atoms with E-state index in [0.29, 0.717) is 34.3 Å². The minimum atomic E-state index is -0.722. The molecule has 210 valence electrons. The second kappa shape index (κ2) is 11.0. The largest absolute Gasteiger partial charge is 0.507 e. The number of hydrogen-bond donors (Lipinski definition) is 1. The number of phenols is 1. The van der Waals surface area contributed by atoms with Crippen molar-refractivity contribution in [2.45, 2.75) is 13.3 Å². The average Bonchev–Trinajstić information content (AvgIpc) is 3.25. The van der Waals surface area contributed by atoms with Crippen molar-refractivity contribution in [3.8, 4) is 17.0 Å². The van der Waals surface area contributed by atoms with E-state index in [1.54, 1.807) is 60.7 Å². The number of imide groups is 1. The highest BCUT2D eigenvalue weighted by Gasteiger charge is 2.50. The molecular formula is C33H25BrN2O6. The zero-order chi connectivity index (χ0) is 29.5. The predicted molar refractivity (Wildman–Crippen MR) is 160 cm³/mol. The molecule has 2 heterocycles. The number of aromatic nitrogens is 1. The Labute approximate surface area is 249 Å². The third kappa shape index (κ3) is 4.90. The number of pyridine rings is 1. The molecule has 9 heteroatoms. The molecule has 0 radical (unpaired) electrons. The summed E-state index contributed by atoms with van der Waals surface area (Å²) < 4.78 is 6.11. The summed E-state index contributed by atoms with van der Waals surface area (Å²) in [6.07, 6.45) is 4.52. The number of Topliss-reactive ketones (excluding diaryl/α,β-unsaturated/α-hetero) is 1. The first-order chi connectivity index (χ1) is 20.2. The van der Waals surface area contributed by atoms with E-state index < -0.39 is 18.4 Å². The van der Waals surface area contributed by atoms with Crippen LogP contribution in [0.1, 0.15) is 34.1 Å². The molecule has 2 aliphatic rings. The molecule has 0 spiro atoms. The van der Waals surface area contributed by atoms with Gasteiger partial charge in [-0.05, 0) is 60.9 Å². The molecule has 1 fully saturated rings. The number of ether oxygens (including phenoxy) is 1. The van der Waals surface area contributed by atoms with Crippen LogP contribution in [0.4, 0.5) is 5.69 Å². The number of fused-ring (bicyclic) bond motifs is 2. The van der Waals surface area contributed by atoms with E-state index in [4.69, 9.17) is 9.72 Å². The first-order valence-electron chi connectivity index (χ1n) is 13.5. The van der Waals surface area contributed by atoms with Gasteiger partial charge in [0.2, 0.25) is 17.6 Å². The van der Waals surface area contributed by atoms with Crippen molar-refractivity contribution in [3.05, 3.63) is 101 Å². The lowest BCUT2D eigenvalue weighted by Crippen LogP contribution is -2.31. The van der Waals surface area contributed by atoms with Crippen molar-refractivity contribution < 1.29 is 29.0 Å². The van der Waals surface area contributed by atoms with E-state index in [-0.39, 0.29) is 46.4 Å². The Hall–Kier alpha value is -4.63. The van der Waals surface area contributed by atoms with Crippen molar-refractivity contribution in [3.63, 3.8) is 0 Å². The highest BCUT2D eigenvalue weighted by atomic mass is 79.9. The molecule has 3 aromatic carbocycles. The summed E-state index contributed by atoms with van der Waals surface area (Å²) in [5.74, 6) is -2.52. The maximum Gasteiger partial charge on any atom is 0.339 e. The lowest BCUT2D eigenvalue weighted by Gasteiger charge is -2.22. The smallest absolute Gasteiger partial charge is 0.339 e. The summed E-state index contributed by atoms with van der Waals surface area (Å²) in [7, 11) is 0. The number of benzene rings is 3. The van der Waals surface area contributed by atoms with Crippen molar-refractivity contribution in [2.75, 3.05) is 11.5 Å². The minimum absolute atomic E-state index is 0.00170. The van der Waals surface area contributed by atoms with Crippen molar-refractivity contribution in [1.29, 1.82) is 0 Å². The van der Waals surface area contributed by atoms with Crippen molar-refractivity contribution >= 4 is 56.1 Å². The molecule has 2 amide bonds. The van der Waals surface area contributed by atoms with Crippen LogP contribution in [0.2, 0.25) is 0 Å². The number of aromatic hydroxyl groups is 1. The minimum Gasteiger partial charge on any atom is -0.507 e. The summed E-state index contributed by atoms with van der Waals surface area (Å²) in [6, 6.07) is 19.9. The fourth-order valence-corrected chi connectivity index (χ4v) is 6.06. The molecule has 3 atom stereocenters. The fraction of sp³-hybridized carbons (Fsp3) is 0.182. The molecule has 0 saturated carbocycles. The van der Waals surface area contributed by atoms with Crippen LogP contribution >= 0.6 is 15.9 Å². The quantitative estimate of drug-likeness (QED) is 0.119. The topological polar surface area (TPSA) is 114 Å². The summed E-state index contributed by atoms with van der Waals surface area (Å²) in [4.78, 5) is 58.2. The fourth-order valence-electron chi connectivity index (χ4n) is 5.69. The normalized spacial score (nSPS) is 19.7. The van der Waals surface area contributed by atoms with Crippen LogP contribution in [0.25, 0.3) is 22.2 Å². The highest BCUT2D eigenvalue weighted by Crippen LogP contribution is 2.41. The zero-order valence-electron chi connectivity index (χ0n) is 22.5. The van der Waals surface area contributed by atoms with Crippen LogP contribution in [0.15, 0.2) is 89.4 Å². The van der Waals surface area contributed by atoms with E-state index in [9.17, 15) is 24.3 Å². The molecule has 1 saturated heterocycles. The van der Waals surface area contributed by atoms with E-state index in [0.717, 1.165) is 4.47 Å². The molecule has 1 aliphatic carbocycles. The van der Waals surface area contributed by atoms with Crippen LogP contribution in [0, 0.1) is 17.8 Å². The molecule has 8 nitrogen and oxygen atoms in total. The third-order valence-electron chi connectivity index (χ3n) is 7.82. The van der Waals surface area contributed by atoms with Gasteiger partial charge in [0.05, 0.1) is 39.9 Å². The number of ketones is 1. The van der Waals surface area contributed by atoms with Gasteiger partial charge in [-0.1, -0.05) is 59.3 Å². The second-order valence-electron chi connectivity index (χ2n) is 10.4. The van der Waals surface area contributed by atoms with Gasteiger partial charge in [0.15, 0.2) is 6.61 Å². The number of anilines is 1. The van der Waals surface area contributed by atoms with E-state index in [2.05, 4.69) is 15.9 Å². The van der Waals surface area contributed by atoms with Gasteiger partial charge in [-0.2, -0.15) is 0 Å². The Bertz CT molecular complexity index is 1800. The van der Waals surface area contributed by atoms with Gasteiger partial charge in [-0.25, -0.2) is 9.78 Å². The molecular weight excluding hydrogens is 600 g/mol. The molecule has 0 bridgehead atoms. The maximum absolute atomic E-state index is 13.3. The van der Waals surface area contributed by atoms with Crippen LogP contribution in [0.3, 0.4) is 0 Å². The lowest BCUT2D eigenvalue weighted by molar-refractivity contribution is -0.122. The van der Waals surface area contributed by atoms with Crippen molar-refractivity contribution in [2.24, 2.45) is 17.8 Å². The van der Waals surface area contributed by atoms with E-state index in [1.165, 1.54) is 17.0 Å². The number of rotatable bonds is 6. The van der Waals surface area contributed by atoms with E-state index >= 15 is 0 Å². The summed E-state index contributed by atoms with van der Waals surface area (Å²) in [6.45, 7) is 1.41. The maximum atomic E-state index is 13.3. The van der Waals surface area contributed by atoms with Gasteiger partial charge in [0.25, 0.3) is 0 Å². The van der Waals surface area contributed by atoms with Gasteiger partial charge in [-0.3, -0.25) is 19.3 Å². The molecule has 1 aromatic heterocycles. The number of halogens is 1. The average molecular weight is 625 g/mol. The first kappa shape index (κ1) is 27.5. The Morgan fingerprint density at radius 1 is 1.00 bits per heavy atom. The highest BCUT2D eigenvalue weighted by molar-refractivity contribution is 9.10. The van der Waals surface area contributed by atoms with E-state index in [1.807, 2.05) is 19.1 Å². The van der Waals surface area contributed by atoms with Crippen molar-refractivity contribution in [1.82, 2.24) is 4.98 Å². The number of para-hydroxylation sites is 1. The number of allylic oxidation sites excluding steroid dienone is 2. The molecule has 1 aliphatic heterocycles. The number of carbonyl (C=O) groups excluding carboxylic acids is 4. The van der Waals surface area contributed by atoms with Gasteiger partial charge in [0, 0.05) is 15.4 Å². The van der Waals surface area contributed by atoms with Gasteiger partial charge < -0.3 is 9.84 Å². The summed E-state index contributed by atoms with van der Waals surface area (Å²) in [5, 5.41) is 10.5. The van der Waals surface area contributed by atoms with Crippen LogP contribution in [-0.2, 0) is 14.3 Å². The second-order valence-corrected chi connectivity index (χ2v) is 11.4. The molecule has 1 N–H and O–H groups in total. The zero-order valence-corrected chi connectivity index (χ0v) is 24.1. The Kier molecular flexibility index (Phi) is 7.20. The van der Waals surface area contributed by atoms with Gasteiger partial charge in [-0.15, -0.1) is 0 Å². The number of esters is 1. The number of amides is 2.